The molecule has 1 aliphatic heterocycles. The Morgan fingerprint density at radius 3 is 2.50 bits per heavy atom. The van der Waals surface area contributed by atoms with Gasteiger partial charge in [0, 0.05) is 17.1 Å². The van der Waals surface area contributed by atoms with Gasteiger partial charge in [0.2, 0.25) is 11.8 Å². The first-order valence-corrected chi connectivity index (χ1v) is 6.43. The Balaban J connectivity index is 2.22. The van der Waals surface area contributed by atoms with Gasteiger partial charge >= 0.3 is 5.97 Å². The predicted molar refractivity (Wildman–Crippen MR) is 72.6 cm³/mol. The molecule has 1 fully saturated rings. The molecule has 0 saturated carbocycles. The molecule has 6 nitrogen and oxygen atoms in total. The van der Waals surface area contributed by atoms with Gasteiger partial charge in [-0.25, -0.2) is 0 Å². The van der Waals surface area contributed by atoms with E-state index in [-0.39, 0.29) is 12.3 Å². The van der Waals surface area contributed by atoms with Crippen molar-refractivity contribution < 1.29 is 19.5 Å². The highest BCUT2D eigenvalue weighted by Gasteiger charge is 2.32. The van der Waals surface area contributed by atoms with E-state index in [2.05, 4.69) is 5.32 Å². The average Bonchev–Trinajstić information content (AvgIpc) is 2.83. The fourth-order valence-corrected chi connectivity index (χ4v) is 2.17. The Kier molecular flexibility index (Phi) is 4.24. The van der Waals surface area contributed by atoms with Crippen molar-refractivity contribution in [2.75, 3.05) is 11.4 Å². The molecule has 2 N–H and O–H groups in total. The molecule has 106 valence electrons. The normalized spacial score (nSPS) is 17.6. The fourth-order valence-electron chi connectivity index (χ4n) is 2.04. The van der Waals surface area contributed by atoms with E-state index in [1.165, 1.54) is 0 Å². The summed E-state index contributed by atoms with van der Waals surface area (Å²) in [6.07, 6.45) is 0.652. The van der Waals surface area contributed by atoms with E-state index in [0.29, 0.717) is 17.1 Å². The minimum absolute atomic E-state index is 0.199. The van der Waals surface area contributed by atoms with Gasteiger partial charge in [-0.3, -0.25) is 19.3 Å². The first-order valence-electron chi connectivity index (χ1n) is 6.05. The number of nitrogens with zero attached hydrogens (tertiary/aromatic N) is 1. The number of anilines is 1. The maximum Gasteiger partial charge on any atom is 0.323 e. The van der Waals surface area contributed by atoms with Gasteiger partial charge < -0.3 is 10.4 Å². The van der Waals surface area contributed by atoms with Gasteiger partial charge in [0.05, 0.1) is 0 Å². The van der Waals surface area contributed by atoms with Gasteiger partial charge in [-0.05, 0) is 30.7 Å². The lowest BCUT2D eigenvalue weighted by atomic mass is 10.2. The van der Waals surface area contributed by atoms with Gasteiger partial charge in [-0.1, -0.05) is 11.6 Å². The molecule has 0 bridgehead atoms. The Morgan fingerprint density at radius 2 is 2.00 bits per heavy atom. The number of benzene rings is 1. The number of carbonyl (C=O) groups excluding carboxylic acids is 2. The van der Waals surface area contributed by atoms with Crippen LogP contribution in [0.15, 0.2) is 24.3 Å². The van der Waals surface area contributed by atoms with Crippen molar-refractivity contribution >= 4 is 35.1 Å². The zero-order valence-corrected chi connectivity index (χ0v) is 11.3. The molecule has 2 amide bonds. The van der Waals surface area contributed by atoms with Crippen LogP contribution in [0, 0.1) is 0 Å². The van der Waals surface area contributed by atoms with Crippen LogP contribution >= 0.6 is 11.6 Å². The third kappa shape index (κ3) is 3.27. The molecular weight excluding hydrogens is 284 g/mol. The quantitative estimate of drug-likeness (QED) is 0.869. The van der Waals surface area contributed by atoms with Crippen LogP contribution in [0.1, 0.15) is 12.8 Å². The van der Waals surface area contributed by atoms with Crippen molar-refractivity contribution in [3.8, 4) is 0 Å². The van der Waals surface area contributed by atoms with Crippen LogP contribution in [-0.4, -0.2) is 35.5 Å². The second kappa shape index (κ2) is 5.92. The average molecular weight is 297 g/mol. The monoisotopic (exact) mass is 296 g/mol. The second-order valence-corrected chi connectivity index (χ2v) is 4.89. The zero-order valence-electron chi connectivity index (χ0n) is 10.5. The molecule has 1 heterocycles. The van der Waals surface area contributed by atoms with E-state index in [1.807, 2.05) is 0 Å². The number of halogens is 1. The molecule has 1 aliphatic rings. The van der Waals surface area contributed by atoms with E-state index in [9.17, 15) is 14.4 Å². The second-order valence-electron chi connectivity index (χ2n) is 4.45. The summed E-state index contributed by atoms with van der Waals surface area (Å²) in [6.45, 7) is -0.465. The number of rotatable bonds is 4. The molecule has 20 heavy (non-hydrogen) atoms. The van der Waals surface area contributed by atoms with Crippen molar-refractivity contribution in [3.05, 3.63) is 29.3 Å². The van der Waals surface area contributed by atoms with E-state index in [1.54, 1.807) is 24.3 Å². The number of nitrogens with one attached hydrogen (secondary N) is 1. The summed E-state index contributed by atoms with van der Waals surface area (Å²) in [4.78, 5) is 35.6. The molecule has 2 rings (SSSR count). The number of carboxylic acids is 1. The Labute approximate surface area is 120 Å². The first kappa shape index (κ1) is 14.3. The largest absolute Gasteiger partial charge is 0.480 e. The topological polar surface area (TPSA) is 86.7 Å². The molecule has 7 heteroatoms. The number of amides is 2. The molecular formula is C13H13ClN2O4. The van der Waals surface area contributed by atoms with Crippen LogP contribution in [0.2, 0.25) is 5.02 Å². The van der Waals surface area contributed by atoms with Gasteiger partial charge in [0.15, 0.2) is 0 Å². The maximum absolute atomic E-state index is 12.3. The van der Waals surface area contributed by atoms with Crippen LogP contribution in [0.3, 0.4) is 0 Å². The molecule has 1 atom stereocenters. The zero-order chi connectivity index (χ0) is 14.7. The predicted octanol–water partition coefficient (Wildman–Crippen LogP) is 1.04. The summed E-state index contributed by atoms with van der Waals surface area (Å²) in [6, 6.07) is 5.62. The third-order valence-electron chi connectivity index (χ3n) is 2.99. The number of carboxylic acid groups (broad SMARTS) is 1. The van der Waals surface area contributed by atoms with E-state index < -0.39 is 24.5 Å². The van der Waals surface area contributed by atoms with Crippen LogP contribution < -0.4 is 10.2 Å². The minimum Gasteiger partial charge on any atom is -0.480 e. The number of carbonyl (C=O) groups is 3. The van der Waals surface area contributed by atoms with Crippen molar-refractivity contribution in [1.29, 1.82) is 0 Å². The van der Waals surface area contributed by atoms with Crippen LogP contribution in [0.4, 0.5) is 5.69 Å². The van der Waals surface area contributed by atoms with Gasteiger partial charge in [0.1, 0.15) is 12.6 Å². The van der Waals surface area contributed by atoms with Crippen LogP contribution in [-0.2, 0) is 14.4 Å². The van der Waals surface area contributed by atoms with Gasteiger partial charge in [-0.15, -0.1) is 0 Å². The van der Waals surface area contributed by atoms with Crippen molar-refractivity contribution in [3.63, 3.8) is 0 Å². The molecule has 1 aromatic rings. The Bertz CT molecular complexity index is 544. The molecule has 1 unspecified atom stereocenters. The number of hydrogen-bond donors (Lipinski definition) is 2. The first-order chi connectivity index (χ1) is 9.47. The fraction of sp³-hybridized carbons (Fsp3) is 0.308. The van der Waals surface area contributed by atoms with Crippen LogP contribution in [0.5, 0.6) is 0 Å². The molecule has 0 spiro atoms. The highest BCUT2D eigenvalue weighted by molar-refractivity contribution is 6.30. The van der Waals surface area contributed by atoms with E-state index in [4.69, 9.17) is 16.7 Å². The van der Waals surface area contributed by atoms with Gasteiger partial charge in [-0.2, -0.15) is 0 Å². The van der Waals surface area contributed by atoms with Crippen molar-refractivity contribution in [1.82, 2.24) is 5.32 Å². The lowest BCUT2D eigenvalue weighted by Gasteiger charge is -2.24. The third-order valence-corrected chi connectivity index (χ3v) is 3.24. The lowest BCUT2D eigenvalue weighted by molar-refractivity contribution is -0.136. The van der Waals surface area contributed by atoms with Crippen molar-refractivity contribution in [2.45, 2.75) is 18.9 Å². The molecule has 1 saturated heterocycles. The van der Waals surface area contributed by atoms with Gasteiger partial charge in [0.25, 0.3) is 0 Å². The van der Waals surface area contributed by atoms with Crippen molar-refractivity contribution in [2.24, 2.45) is 0 Å². The summed E-state index contributed by atoms with van der Waals surface area (Å²) in [5, 5.41) is 12.0. The minimum atomic E-state index is -1.13. The molecule has 0 radical (unpaired) electrons. The summed E-state index contributed by atoms with van der Waals surface area (Å²) >= 11 is 5.77. The Morgan fingerprint density at radius 1 is 1.35 bits per heavy atom. The molecule has 0 aliphatic carbocycles. The maximum atomic E-state index is 12.3. The SMILES string of the molecule is O=C(O)CN(C(=O)C1CCC(=O)N1)c1ccc(Cl)cc1. The summed E-state index contributed by atoms with van der Waals surface area (Å²) in [7, 11) is 0. The highest BCUT2D eigenvalue weighted by atomic mass is 35.5. The standard InChI is InChI=1S/C13H13ClN2O4/c14-8-1-3-9(4-2-8)16(7-12(18)19)13(20)10-5-6-11(17)15-10/h1-4,10H,5-7H2,(H,15,17)(H,18,19). The lowest BCUT2D eigenvalue weighted by Crippen LogP contribution is -2.46. The highest BCUT2D eigenvalue weighted by Crippen LogP contribution is 2.20. The number of aliphatic carboxylic acids is 1. The molecule has 1 aromatic carbocycles. The molecule has 0 aromatic heterocycles. The Hall–Kier alpha value is -2.08. The van der Waals surface area contributed by atoms with Crippen LogP contribution in [0.25, 0.3) is 0 Å². The van der Waals surface area contributed by atoms with E-state index in [0.717, 1.165) is 4.90 Å². The smallest absolute Gasteiger partial charge is 0.323 e. The summed E-state index contributed by atoms with van der Waals surface area (Å²) in [5.41, 5.74) is 0.433. The summed E-state index contributed by atoms with van der Waals surface area (Å²) < 4.78 is 0. The summed E-state index contributed by atoms with van der Waals surface area (Å²) in [5.74, 6) is -1.76. The number of hydrogen-bond acceptors (Lipinski definition) is 3. The van der Waals surface area contributed by atoms with E-state index >= 15 is 0 Å².